The van der Waals surface area contributed by atoms with Crippen LogP contribution in [0.3, 0.4) is 0 Å². The van der Waals surface area contributed by atoms with Crippen molar-refractivity contribution in [3.63, 3.8) is 0 Å². The monoisotopic (exact) mass is 464 g/mol. The molecule has 1 atom stereocenters. The molecule has 0 saturated carbocycles. The van der Waals surface area contributed by atoms with Gasteiger partial charge in [0.15, 0.2) is 0 Å². The van der Waals surface area contributed by atoms with Gasteiger partial charge in [0.2, 0.25) is 10.0 Å². The van der Waals surface area contributed by atoms with Crippen LogP contribution in [0.15, 0.2) is 18.2 Å². The first-order chi connectivity index (χ1) is 15.1. The molecule has 2 aliphatic heterocycles. The number of aliphatic hydroxyl groups is 1. The minimum Gasteiger partial charge on any atom is -0.497 e. The van der Waals surface area contributed by atoms with Crippen molar-refractivity contribution in [1.82, 2.24) is 19.1 Å². The van der Waals surface area contributed by atoms with Gasteiger partial charge >= 0.3 is 6.03 Å². The van der Waals surface area contributed by atoms with Crippen molar-refractivity contribution in [2.24, 2.45) is 7.05 Å². The van der Waals surface area contributed by atoms with E-state index in [0.29, 0.717) is 25.4 Å². The number of fused-ring (bicyclic) bond motifs is 4. The quantitative estimate of drug-likeness (QED) is 0.699. The zero-order chi connectivity index (χ0) is 23.4. The van der Waals surface area contributed by atoms with E-state index in [0.717, 1.165) is 22.2 Å². The van der Waals surface area contributed by atoms with Crippen LogP contribution in [-0.2, 0) is 22.5 Å². The molecule has 0 unspecified atom stereocenters. The second kappa shape index (κ2) is 7.93. The molecular weight excluding hydrogens is 432 g/mol. The Labute approximate surface area is 189 Å². The van der Waals surface area contributed by atoms with Crippen molar-refractivity contribution in [2.75, 3.05) is 39.1 Å². The van der Waals surface area contributed by atoms with Crippen molar-refractivity contribution < 1.29 is 23.1 Å². The van der Waals surface area contributed by atoms with Crippen LogP contribution in [0.5, 0.6) is 5.75 Å². The number of methoxy groups -OCH3 is 1. The molecule has 1 fully saturated rings. The fraction of sp³-hybridized carbons (Fsp3) is 0.591. The number of hydrogen-bond acceptors (Lipinski definition) is 5. The third kappa shape index (κ3) is 3.36. The Bertz CT molecular complexity index is 1150. The van der Waals surface area contributed by atoms with Crippen molar-refractivity contribution in [3.8, 4) is 5.75 Å². The molecule has 0 aliphatic carbocycles. The lowest BCUT2D eigenvalue weighted by Gasteiger charge is -2.55. The number of aromatic nitrogens is 1. The maximum absolute atomic E-state index is 13.1. The highest BCUT2D eigenvalue weighted by atomic mass is 32.2. The number of carbonyl (C=O) groups excluding carboxylic acids is 1. The number of urea groups is 1. The van der Waals surface area contributed by atoms with E-state index in [1.807, 2.05) is 43.7 Å². The molecule has 1 aromatic carbocycles. The molecule has 2 amide bonds. The summed E-state index contributed by atoms with van der Waals surface area (Å²) < 4.78 is 34.0. The van der Waals surface area contributed by atoms with E-state index in [1.54, 1.807) is 18.9 Å². The molecule has 1 saturated heterocycles. The fourth-order valence-electron chi connectivity index (χ4n) is 5.17. The Morgan fingerprint density at radius 2 is 2.00 bits per heavy atom. The molecule has 0 radical (unpaired) electrons. The van der Waals surface area contributed by atoms with Gasteiger partial charge in [-0.1, -0.05) is 0 Å². The third-order valence-electron chi connectivity index (χ3n) is 6.71. The van der Waals surface area contributed by atoms with E-state index in [2.05, 4.69) is 5.32 Å². The number of benzene rings is 1. The molecule has 2 aromatic rings. The number of sulfonamides is 1. The van der Waals surface area contributed by atoms with Crippen LogP contribution in [0, 0.1) is 0 Å². The highest BCUT2D eigenvalue weighted by Crippen LogP contribution is 2.50. The molecule has 1 aromatic heterocycles. The molecule has 176 valence electrons. The summed E-state index contributed by atoms with van der Waals surface area (Å²) in [6, 6.07) is 4.96. The Balaban J connectivity index is 1.90. The van der Waals surface area contributed by atoms with Crippen LogP contribution < -0.4 is 10.1 Å². The van der Waals surface area contributed by atoms with Gasteiger partial charge < -0.3 is 24.6 Å². The van der Waals surface area contributed by atoms with Gasteiger partial charge in [-0.3, -0.25) is 0 Å². The normalized spacial score (nSPS) is 20.5. The first-order valence-corrected chi connectivity index (χ1v) is 12.5. The Morgan fingerprint density at radius 1 is 1.31 bits per heavy atom. The second-order valence-corrected chi connectivity index (χ2v) is 11.3. The molecule has 2 N–H and O–H groups in total. The van der Waals surface area contributed by atoms with Gasteiger partial charge in [-0.25, -0.2) is 13.2 Å². The lowest BCUT2D eigenvalue weighted by molar-refractivity contribution is 0.0489. The first-order valence-electron chi connectivity index (χ1n) is 10.9. The number of aryl methyl sites for hydroxylation is 1. The van der Waals surface area contributed by atoms with Crippen LogP contribution in [0.2, 0.25) is 0 Å². The molecule has 9 nitrogen and oxygen atoms in total. The van der Waals surface area contributed by atoms with Crippen LogP contribution in [0.4, 0.5) is 4.79 Å². The predicted octanol–water partition coefficient (Wildman–Crippen LogP) is 1.56. The predicted molar refractivity (Wildman–Crippen MR) is 122 cm³/mol. The lowest BCUT2D eigenvalue weighted by atomic mass is 9.70. The van der Waals surface area contributed by atoms with Crippen molar-refractivity contribution >= 4 is 27.0 Å². The molecule has 3 heterocycles. The SMILES string of the molecule is CCS(=O)(=O)N1CC2(CN(C(=O)NC(C)C)[C@H](CO)c3c2c2ccc(OC)cc2n3C)C1. The van der Waals surface area contributed by atoms with Gasteiger partial charge in [-0.05, 0) is 38.5 Å². The second-order valence-electron chi connectivity index (χ2n) is 9.08. The van der Waals surface area contributed by atoms with Gasteiger partial charge in [0.25, 0.3) is 0 Å². The van der Waals surface area contributed by atoms with Gasteiger partial charge in [0, 0.05) is 55.3 Å². The van der Waals surface area contributed by atoms with E-state index in [9.17, 15) is 18.3 Å². The number of ether oxygens (including phenoxy) is 1. The number of nitrogens with zero attached hydrogens (tertiary/aromatic N) is 3. The zero-order valence-corrected chi connectivity index (χ0v) is 20.1. The Hall–Kier alpha value is -2.30. The molecule has 1 spiro atoms. The van der Waals surface area contributed by atoms with Crippen molar-refractivity contribution in [1.29, 1.82) is 0 Å². The summed E-state index contributed by atoms with van der Waals surface area (Å²) in [6.07, 6.45) is 0. The molecule has 32 heavy (non-hydrogen) atoms. The number of aliphatic hydroxyl groups excluding tert-OH is 1. The van der Waals surface area contributed by atoms with Gasteiger partial charge in [0.05, 0.1) is 31.0 Å². The Morgan fingerprint density at radius 3 is 2.56 bits per heavy atom. The molecule has 2 aliphatic rings. The molecule has 10 heteroatoms. The van der Waals surface area contributed by atoms with E-state index in [-0.39, 0.29) is 24.4 Å². The average molecular weight is 465 g/mol. The van der Waals surface area contributed by atoms with Crippen molar-refractivity contribution in [2.45, 2.75) is 38.3 Å². The largest absolute Gasteiger partial charge is 0.497 e. The van der Waals surface area contributed by atoms with Crippen molar-refractivity contribution in [3.05, 3.63) is 29.5 Å². The average Bonchev–Trinajstić information content (AvgIpc) is 3.03. The summed E-state index contributed by atoms with van der Waals surface area (Å²) in [7, 11) is 0.193. The van der Waals surface area contributed by atoms with Crippen LogP contribution in [0.1, 0.15) is 38.1 Å². The summed E-state index contributed by atoms with van der Waals surface area (Å²) in [6.45, 7) is 6.15. The highest BCUT2D eigenvalue weighted by Gasteiger charge is 2.56. The number of carbonyl (C=O) groups is 1. The summed E-state index contributed by atoms with van der Waals surface area (Å²) in [5.74, 6) is 0.753. The topological polar surface area (TPSA) is 104 Å². The third-order valence-corrected chi connectivity index (χ3v) is 8.49. The Kier molecular flexibility index (Phi) is 5.67. The zero-order valence-electron chi connectivity index (χ0n) is 19.3. The summed E-state index contributed by atoms with van der Waals surface area (Å²) >= 11 is 0. The number of rotatable bonds is 5. The van der Waals surface area contributed by atoms with Gasteiger partial charge in [-0.15, -0.1) is 0 Å². The minimum atomic E-state index is -3.33. The fourth-order valence-corrected chi connectivity index (χ4v) is 6.42. The smallest absolute Gasteiger partial charge is 0.318 e. The van der Waals surface area contributed by atoms with E-state index >= 15 is 0 Å². The number of amides is 2. The highest BCUT2D eigenvalue weighted by molar-refractivity contribution is 7.89. The van der Waals surface area contributed by atoms with E-state index in [4.69, 9.17) is 4.74 Å². The van der Waals surface area contributed by atoms with E-state index in [1.165, 1.54) is 4.31 Å². The molecule has 0 bridgehead atoms. The van der Waals surface area contributed by atoms with Crippen LogP contribution >= 0.6 is 0 Å². The minimum absolute atomic E-state index is 0.0412. The number of nitrogens with one attached hydrogen (secondary N) is 1. The summed E-state index contributed by atoms with van der Waals surface area (Å²) in [5.41, 5.74) is 2.25. The lowest BCUT2D eigenvalue weighted by Crippen LogP contribution is -2.69. The van der Waals surface area contributed by atoms with E-state index < -0.39 is 21.5 Å². The van der Waals surface area contributed by atoms with Crippen LogP contribution in [-0.4, -0.2) is 78.5 Å². The standard InChI is InChI=1S/C22H32N4O5S/c1-6-32(29,30)25-11-22(12-25)13-26(21(28)23-14(2)3)18(10-27)20-19(22)16-8-7-15(31-5)9-17(16)24(20)4/h7-9,14,18,27H,6,10-13H2,1-5H3,(H,23,28)/t18-/m1/s1. The first kappa shape index (κ1) is 22.9. The molecular formula is C22H32N4O5S. The van der Waals surface area contributed by atoms with Crippen LogP contribution in [0.25, 0.3) is 10.9 Å². The summed E-state index contributed by atoms with van der Waals surface area (Å²) in [4.78, 5) is 14.8. The maximum atomic E-state index is 13.1. The summed E-state index contributed by atoms with van der Waals surface area (Å²) in [5, 5.41) is 14.3. The van der Waals surface area contributed by atoms with Gasteiger partial charge in [0.1, 0.15) is 5.75 Å². The van der Waals surface area contributed by atoms with Gasteiger partial charge in [-0.2, -0.15) is 4.31 Å². The molecule has 4 rings (SSSR count). The number of hydrogen-bond donors (Lipinski definition) is 2. The maximum Gasteiger partial charge on any atom is 0.318 e.